The largest absolute Gasteiger partial charge is 0.480 e. The Kier molecular flexibility index (Phi) is 6.88. The van der Waals surface area contributed by atoms with Crippen LogP contribution in [-0.4, -0.2) is 29.1 Å². The number of carbonyl (C=O) groups is 1. The van der Waals surface area contributed by atoms with Crippen LogP contribution in [0, 0.1) is 0 Å². The summed E-state index contributed by atoms with van der Waals surface area (Å²) in [4.78, 5) is 14.0. The van der Waals surface area contributed by atoms with Gasteiger partial charge >= 0.3 is 5.97 Å². The van der Waals surface area contributed by atoms with Crippen LogP contribution in [0.25, 0.3) is 23.1 Å². The molecule has 26 heavy (non-hydrogen) atoms. The number of rotatable bonds is 4. The molecule has 0 saturated carbocycles. The number of aliphatic carboxylic acids is 1. The Labute approximate surface area is 153 Å². The van der Waals surface area contributed by atoms with Crippen LogP contribution < -0.4 is 11.1 Å². The van der Waals surface area contributed by atoms with E-state index in [9.17, 15) is 4.79 Å². The first kappa shape index (κ1) is 19.1. The molecule has 1 heterocycles. The third kappa shape index (κ3) is 5.43. The molecule has 3 aromatic rings. The van der Waals surface area contributed by atoms with Gasteiger partial charge in [0.15, 0.2) is 0 Å². The highest BCUT2D eigenvalue weighted by Gasteiger charge is 1.99. The summed E-state index contributed by atoms with van der Waals surface area (Å²) in [5, 5.41) is 12.2. The first-order valence-electron chi connectivity index (χ1n) is 8.29. The summed E-state index contributed by atoms with van der Waals surface area (Å²) >= 11 is 0. The molecule has 0 spiro atoms. The minimum atomic E-state index is -0.963. The Hall–Kier alpha value is -3.18. The van der Waals surface area contributed by atoms with Crippen molar-refractivity contribution in [2.24, 2.45) is 5.73 Å². The number of carboxylic acids is 1. The number of para-hydroxylation sites is 1. The minimum Gasteiger partial charge on any atom is -0.480 e. The molecule has 0 fully saturated rings. The number of aromatic nitrogens is 1. The Morgan fingerprint density at radius 1 is 1.12 bits per heavy atom. The molecular weight excluding hydrogens is 326 g/mol. The van der Waals surface area contributed by atoms with Crippen LogP contribution in [0.5, 0.6) is 0 Å². The van der Waals surface area contributed by atoms with E-state index in [2.05, 4.69) is 52.8 Å². The fraction of sp³-hybridized carbons (Fsp3) is 0.143. The average Bonchev–Trinajstić information content (AvgIpc) is 2.67. The van der Waals surface area contributed by atoms with Gasteiger partial charge in [-0.15, -0.1) is 0 Å². The van der Waals surface area contributed by atoms with E-state index in [1.807, 2.05) is 37.5 Å². The lowest BCUT2D eigenvalue weighted by Gasteiger charge is -2.02. The molecule has 2 aromatic carbocycles. The summed E-state index contributed by atoms with van der Waals surface area (Å²) < 4.78 is 0. The van der Waals surface area contributed by atoms with Gasteiger partial charge in [-0.2, -0.15) is 0 Å². The molecule has 0 saturated heterocycles. The van der Waals surface area contributed by atoms with Crippen molar-refractivity contribution in [1.82, 2.24) is 4.98 Å². The number of benzene rings is 2. The zero-order valence-corrected chi connectivity index (χ0v) is 14.9. The normalized spacial score (nSPS) is 11.7. The van der Waals surface area contributed by atoms with Crippen molar-refractivity contribution in [3.8, 4) is 0 Å². The predicted molar refractivity (Wildman–Crippen MR) is 108 cm³/mol. The van der Waals surface area contributed by atoms with Crippen LogP contribution in [0.1, 0.15) is 18.1 Å². The minimum absolute atomic E-state index is 0.731. The van der Waals surface area contributed by atoms with Crippen molar-refractivity contribution in [2.75, 3.05) is 12.4 Å². The van der Waals surface area contributed by atoms with E-state index < -0.39 is 12.0 Å². The Morgan fingerprint density at radius 2 is 1.77 bits per heavy atom. The number of hydrogen-bond acceptors (Lipinski definition) is 4. The number of nitrogens with two attached hydrogens (primary N) is 1. The second-order valence-electron chi connectivity index (χ2n) is 5.75. The van der Waals surface area contributed by atoms with Crippen LogP contribution in [0.15, 0.2) is 60.8 Å². The maximum Gasteiger partial charge on any atom is 0.320 e. The van der Waals surface area contributed by atoms with Gasteiger partial charge in [-0.05, 0) is 42.3 Å². The number of anilines is 1. The van der Waals surface area contributed by atoms with Gasteiger partial charge < -0.3 is 16.2 Å². The maximum atomic E-state index is 9.57. The van der Waals surface area contributed by atoms with E-state index in [0.717, 1.165) is 11.2 Å². The zero-order chi connectivity index (χ0) is 18.9. The molecule has 0 aliphatic heterocycles. The zero-order valence-electron chi connectivity index (χ0n) is 14.9. The standard InChI is InChI=1S/C18H16N2.C3H7NO2/c1-19-16-10-7-14(8-11-16)6-9-15-12-13-20-18-5-3-2-4-17(15)18;1-2(4)3(5)6/h2-13,19H,1H3;2H,4H2,1H3,(H,5,6)/t;2-/m.1/s1. The van der Waals surface area contributed by atoms with Gasteiger partial charge in [-0.3, -0.25) is 9.78 Å². The topological polar surface area (TPSA) is 88.2 Å². The van der Waals surface area contributed by atoms with Crippen LogP contribution in [0.4, 0.5) is 5.69 Å². The predicted octanol–water partition coefficient (Wildman–Crippen LogP) is 3.87. The van der Waals surface area contributed by atoms with Crippen LogP contribution in [-0.2, 0) is 4.79 Å². The molecule has 5 nitrogen and oxygen atoms in total. The Bertz CT molecular complexity index is 882. The van der Waals surface area contributed by atoms with Crippen LogP contribution >= 0.6 is 0 Å². The van der Waals surface area contributed by atoms with Gasteiger partial charge in [0.2, 0.25) is 0 Å². The van der Waals surface area contributed by atoms with E-state index in [0.29, 0.717) is 0 Å². The monoisotopic (exact) mass is 349 g/mol. The molecule has 4 N–H and O–H groups in total. The molecule has 0 radical (unpaired) electrons. The molecule has 0 amide bonds. The number of carboxylic acid groups (broad SMARTS) is 1. The second kappa shape index (κ2) is 9.34. The summed E-state index contributed by atoms with van der Waals surface area (Å²) in [5.41, 5.74) is 9.36. The molecule has 3 rings (SSSR count). The van der Waals surface area contributed by atoms with E-state index >= 15 is 0 Å². The van der Waals surface area contributed by atoms with Crippen molar-refractivity contribution >= 4 is 34.7 Å². The molecule has 1 aromatic heterocycles. The van der Waals surface area contributed by atoms with Crippen molar-refractivity contribution in [2.45, 2.75) is 13.0 Å². The number of nitrogens with zero attached hydrogens (tertiary/aromatic N) is 1. The first-order chi connectivity index (χ1) is 12.5. The van der Waals surface area contributed by atoms with Gasteiger partial charge in [-0.25, -0.2) is 0 Å². The first-order valence-corrected chi connectivity index (χ1v) is 8.29. The van der Waals surface area contributed by atoms with E-state index in [1.54, 1.807) is 0 Å². The molecule has 0 aliphatic rings. The second-order valence-corrected chi connectivity index (χ2v) is 5.75. The number of nitrogens with one attached hydrogen (secondary N) is 1. The molecule has 0 aliphatic carbocycles. The molecule has 5 heteroatoms. The fourth-order valence-electron chi connectivity index (χ4n) is 2.21. The third-order valence-electron chi connectivity index (χ3n) is 3.73. The highest BCUT2D eigenvalue weighted by Crippen LogP contribution is 2.19. The Balaban J connectivity index is 0.000000352. The molecule has 0 unspecified atom stereocenters. The summed E-state index contributed by atoms with van der Waals surface area (Å²) in [7, 11) is 1.92. The quantitative estimate of drug-likeness (QED) is 0.665. The highest BCUT2D eigenvalue weighted by atomic mass is 16.4. The van der Waals surface area contributed by atoms with Crippen LogP contribution in [0.2, 0.25) is 0 Å². The summed E-state index contributed by atoms with van der Waals surface area (Å²) in [5.74, 6) is -0.963. The SMILES string of the molecule is CNc1ccc(C=Cc2ccnc3ccccc23)cc1.C[C@@H](N)C(=O)O. The number of pyridine rings is 1. The molecule has 1 atom stereocenters. The fourth-order valence-corrected chi connectivity index (χ4v) is 2.21. The van der Waals surface area contributed by atoms with E-state index in [4.69, 9.17) is 10.8 Å². The van der Waals surface area contributed by atoms with Crippen molar-refractivity contribution in [3.05, 3.63) is 71.9 Å². The lowest BCUT2D eigenvalue weighted by molar-refractivity contribution is -0.138. The lowest BCUT2D eigenvalue weighted by Crippen LogP contribution is -2.25. The summed E-state index contributed by atoms with van der Waals surface area (Å²) in [6, 6.07) is 17.9. The lowest BCUT2D eigenvalue weighted by atomic mass is 10.1. The van der Waals surface area contributed by atoms with Gasteiger partial charge in [0.05, 0.1) is 5.52 Å². The number of hydrogen-bond donors (Lipinski definition) is 3. The smallest absolute Gasteiger partial charge is 0.320 e. The highest BCUT2D eigenvalue weighted by molar-refractivity contribution is 5.90. The van der Waals surface area contributed by atoms with Gasteiger partial charge in [0.25, 0.3) is 0 Å². The van der Waals surface area contributed by atoms with Crippen molar-refractivity contribution in [1.29, 1.82) is 0 Å². The van der Waals surface area contributed by atoms with E-state index in [1.165, 1.54) is 23.4 Å². The van der Waals surface area contributed by atoms with Crippen LogP contribution in [0.3, 0.4) is 0 Å². The van der Waals surface area contributed by atoms with Gasteiger partial charge in [-0.1, -0.05) is 42.5 Å². The summed E-state index contributed by atoms with van der Waals surface area (Å²) in [6.45, 7) is 1.42. The molecular formula is C21H23N3O2. The maximum absolute atomic E-state index is 9.57. The number of fused-ring (bicyclic) bond motifs is 1. The van der Waals surface area contributed by atoms with Gasteiger partial charge in [0.1, 0.15) is 6.04 Å². The van der Waals surface area contributed by atoms with Crippen molar-refractivity contribution in [3.63, 3.8) is 0 Å². The Morgan fingerprint density at radius 3 is 2.38 bits per heavy atom. The third-order valence-corrected chi connectivity index (χ3v) is 3.73. The van der Waals surface area contributed by atoms with E-state index in [-0.39, 0.29) is 0 Å². The summed E-state index contributed by atoms with van der Waals surface area (Å²) in [6.07, 6.45) is 6.12. The molecule has 134 valence electrons. The average molecular weight is 349 g/mol. The van der Waals surface area contributed by atoms with Gasteiger partial charge in [0, 0.05) is 24.3 Å². The molecule has 0 bridgehead atoms. The van der Waals surface area contributed by atoms with Crippen molar-refractivity contribution < 1.29 is 9.90 Å².